The third kappa shape index (κ3) is 9.69. The van der Waals surface area contributed by atoms with Gasteiger partial charge in [0, 0.05) is 31.8 Å². The summed E-state index contributed by atoms with van der Waals surface area (Å²) < 4.78 is 52.0. The molecule has 5 atom stereocenters. The van der Waals surface area contributed by atoms with E-state index in [4.69, 9.17) is 14.5 Å². The summed E-state index contributed by atoms with van der Waals surface area (Å²) in [6, 6.07) is 0. The van der Waals surface area contributed by atoms with Crippen molar-refractivity contribution in [2.24, 2.45) is 0 Å². The summed E-state index contributed by atoms with van der Waals surface area (Å²) in [5.74, 6) is -0.501. The number of aliphatic hydroxyl groups is 1. The van der Waals surface area contributed by atoms with Crippen LogP contribution in [0.25, 0.3) is 17.2 Å². The number of imidazole rings is 1. The zero-order chi connectivity index (χ0) is 33.9. The summed E-state index contributed by atoms with van der Waals surface area (Å²) in [6.45, 7) is -0.761. The predicted octanol–water partition coefficient (Wildman–Crippen LogP) is -2.27. The largest absolute Gasteiger partial charge is 0.490 e. The van der Waals surface area contributed by atoms with Crippen LogP contribution in [-0.2, 0) is 36.4 Å². The van der Waals surface area contributed by atoms with Crippen LogP contribution < -0.4 is 27.4 Å². The van der Waals surface area contributed by atoms with Gasteiger partial charge in [0.15, 0.2) is 11.2 Å². The molecule has 24 nitrogen and oxygen atoms in total. The van der Waals surface area contributed by atoms with E-state index in [2.05, 4.69) is 43.7 Å². The SMILES string of the molecule is O=C(/C=C/c1cn([C@H]2CC(O)[C@@H](COP(=O)(O)OP(=O)(O)OP(=O)(O)O)O2)c(=O)[nH]c1=O)NCCNc1nc2[nH]cnc2c(=O)[nH]1. The zero-order valence-electron chi connectivity index (χ0n) is 22.8. The van der Waals surface area contributed by atoms with Crippen molar-refractivity contribution in [1.29, 1.82) is 0 Å². The summed E-state index contributed by atoms with van der Waals surface area (Å²) in [5.41, 5.74) is -2.11. The number of anilines is 1. The highest BCUT2D eigenvalue weighted by Crippen LogP contribution is 2.66. The minimum atomic E-state index is -5.77. The number of fused-ring (bicyclic) bond motifs is 1. The van der Waals surface area contributed by atoms with Gasteiger partial charge < -0.3 is 45.0 Å². The minimum Gasteiger partial charge on any atom is -0.390 e. The molecule has 4 heterocycles. The van der Waals surface area contributed by atoms with Gasteiger partial charge in [0.25, 0.3) is 11.1 Å². The second-order valence-electron chi connectivity index (χ2n) is 9.14. The topological polar surface area (TPSA) is 360 Å². The van der Waals surface area contributed by atoms with E-state index in [1.54, 1.807) is 0 Å². The molecule has 3 aromatic rings. The highest BCUT2D eigenvalue weighted by Gasteiger charge is 2.43. The average molecular weight is 714 g/mol. The lowest BCUT2D eigenvalue weighted by Gasteiger charge is -2.19. The molecule has 252 valence electrons. The van der Waals surface area contributed by atoms with E-state index in [-0.39, 0.29) is 42.2 Å². The number of amides is 1. The van der Waals surface area contributed by atoms with Crippen LogP contribution in [0.2, 0.25) is 0 Å². The molecule has 0 radical (unpaired) electrons. The molecule has 3 unspecified atom stereocenters. The van der Waals surface area contributed by atoms with Gasteiger partial charge in [-0.1, -0.05) is 0 Å². The first kappa shape index (κ1) is 35.2. The van der Waals surface area contributed by atoms with Crippen LogP contribution in [0.3, 0.4) is 0 Å². The number of hydrogen-bond donors (Lipinski definition) is 10. The van der Waals surface area contributed by atoms with Crippen LogP contribution >= 0.6 is 23.5 Å². The number of aliphatic hydroxyl groups excluding tert-OH is 1. The van der Waals surface area contributed by atoms with E-state index >= 15 is 0 Å². The Morgan fingerprint density at radius 1 is 1.09 bits per heavy atom. The number of carbonyl (C=O) groups is 1. The molecule has 0 aromatic carbocycles. The fraction of sp³-hybridized carbons (Fsp3) is 0.368. The Kier molecular flexibility index (Phi) is 10.7. The highest BCUT2D eigenvalue weighted by molar-refractivity contribution is 7.66. The Morgan fingerprint density at radius 2 is 1.83 bits per heavy atom. The molecule has 3 aromatic heterocycles. The summed E-state index contributed by atoms with van der Waals surface area (Å²) >= 11 is 0. The Bertz CT molecular complexity index is 1950. The van der Waals surface area contributed by atoms with Crippen LogP contribution in [0.1, 0.15) is 18.2 Å². The van der Waals surface area contributed by atoms with E-state index in [1.807, 2.05) is 4.98 Å². The summed E-state index contributed by atoms with van der Waals surface area (Å²) in [5, 5.41) is 15.6. The number of hydrogen-bond acceptors (Lipinski definition) is 15. The van der Waals surface area contributed by atoms with Crippen molar-refractivity contribution in [3.8, 4) is 0 Å². The molecule has 27 heteroatoms. The first-order valence-corrected chi connectivity index (χ1v) is 17.0. The predicted molar refractivity (Wildman–Crippen MR) is 151 cm³/mol. The fourth-order valence-electron chi connectivity index (χ4n) is 3.86. The Hall–Kier alpha value is -3.63. The first-order chi connectivity index (χ1) is 21.4. The van der Waals surface area contributed by atoms with E-state index in [9.17, 15) is 47.8 Å². The van der Waals surface area contributed by atoms with Crippen molar-refractivity contribution in [1.82, 2.24) is 34.8 Å². The summed E-state index contributed by atoms with van der Waals surface area (Å²) in [4.78, 5) is 99.9. The monoisotopic (exact) mass is 714 g/mol. The third-order valence-corrected chi connectivity index (χ3v) is 9.55. The normalized spacial score (nSPS) is 21.3. The van der Waals surface area contributed by atoms with E-state index in [1.165, 1.54) is 6.33 Å². The molecule has 1 aliphatic heterocycles. The molecule has 1 amide bonds. The van der Waals surface area contributed by atoms with Crippen LogP contribution in [0.15, 0.2) is 33.0 Å². The number of nitrogens with one attached hydrogen (secondary N) is 5. The lowest BCUT2D eigenvalue weighted by atomic mass is 10.2. The molecule has 1 aliphatic rings. The Balaban J connectivity index is 1.31. The van der Waals surface area contributed by atoms with Crippen LogP contribution in [0, 0.1) is 0 Å². The smallest absolute Gasteiger partial charge is 0.390 e. The molecule has 0 saturated carbocycles. The van der Waals surface area contributed by atoms with Crippen molar-refractivity contribution in [3.63, 3.8) is 0 Å². The lowest BCUT2D eigenvalue weighted by Crippen LogP contribution is -2.33. The Labute approximate surface area is 253 Å². The van der Waals surface area contributed by atoms with Gasteiger partial charge in [0.2, 0.25) is 11.9 Å². The maximum atomic E-state index is 12.4. The number of H-pyrrole nitrogens is 3. The molecule has 1 saturated heterocycles. The van der Waals surface area contributed by atoms with Gasteiger partial charge in [-0.05, 0) is 6.08 Å². The summed E-state index contributed by atoms with van der Waals surface area (Å²) in [7, 11) is -16.9. The van der Waals surface area contributed by atoms with Gasteiger partial charge in [-0.15, -0.1) is 0 Å². The number of ether oxygens (including phenoxy) is 1. The molecular weight excluding hydrogens is 689 g/mol. The molecule has 0 aliphatic carbocycles. The van der Waals surface area contributed by atoms with Crippen LogP contribution in [-0.4, -0.2) is 92.0 Å². The lowest BCUT2D eigenvalue weighted by molar-refractivity contribution is -0.116. The van der Waals surface area contributed by atoms with Crippen LogP contribution in [0.4, 0.5) is 5.95 Å². The van der Waals surface area contributed by atoms with Gasteiger partial charge in [0.1, 0.15) is 12.3 Å². The number of nitrogens with zero attached hydrogens (tertiary/aromatic N) is 3. The van der Waals surface area contributed by atoms with Crippen LogP contribution in [0.5, 0.6) is 0 Å². The highest BCUT2D eigenvalue weighted by atomic mass is 31.3. The standard InChI is InChI=1S/C19H25N8O16P3/c28-10-5-13(41-11(10)7-40-45(36,37)43-46(38,39)42-44(33,34)35)27-6-9(16(30)26-19(27)32)1-2-12(29)20-3-4-21-18-24-15-14(17(31)25-18)22-8-23-15/h1-2,6,8,10-11,13,28H,3-5,7H2,(H,20,29)(H,36,37)(H,38,39)(H,26,30,32)(H2,33,34,35)(H3,21,22,23,24,25,31)/b2-1+/t10?,11-,13-/m1/s1. The van der Waals surface area contributed by atoms with Crippen molar-refractivity contribution in [2.45, 2.75) is 24.9 Å². The van der Waals surface area contributed by atoms with E-state index in [0.717, 1.165) is 22.9 Å². The van der Waals surface area contributed by atoms with Gasteiger partial charge in [-0.2, -0.15) is 13.6 Å². The number of phosphoric acid groups is 3. The Morgan fingerprint density at radius 3 is 2.54 bits per heavy atom. The molecule has 46 heavy (non-hydrogen) atoms. The summed E-state index contributed by atoms with van der Waals surface area (Å²) in [6.07, 6.45) is -0.0888. The quantitative estimate of drug-likeness (QED) is 0.0478. The first-order valence-electron chi connectivity index (χ1n) is 12.5. The van der Waals surface area contributed by atoms with Gasteiger partial charge >= 0.3 is 29.2 Å². The molecule has 10 N–H and O–H groups in total. The van der Waals surface area contributed by atoms with E-state index < -0.39 is 71.2 Å². The molecule has 4 rings (SSSR count). The second kappa shape index (κ2) is 14.0. The number of carbonyl (C=O) groups excluding carboxylic acids is 1. The van der Waals surface area contributed by atoms with E-state index in [0.29, 0.717) is 0 Å². The average Bonchev–Trinajstić information content (AvgIpc) is 3.54. The van der Waals surface area contributed by atoms with Gasteiger partial charge in [-0.3, -0.25) is 33.4 Å². The van der Waals surface area contributed by atoms with Crippen molar-refractivity contribution in [2.75, 3.05) is 25.0 Å². The third-order valence-electron chi connectivity index (χ3n) is 5.75. The number of rotatable bonds is 14. The maximum absolute atomic E-state index is 12.4. The maximum Gasteiger partial charge on any atom is 0.490 e. The minimum absolute atomic E-state index is 0.0688. The molecule has 0 bridgehead atoms. The molecular formula is C19H25N8O16P3. The van der Waals surface area contributed by atoms with Crippen molar-refractivity contribution < 1.29 is 61.1 Å². The number of phosphoric ester groups is 1. The van der Waals surface area contributed by atoms with Crippen molar-refractivity contribution >= 4 is 52.6 Å². The number of aromatic nitrogens is 6. The molecule has 0 spiro atoms. The second-order valence-corrected chi connectivity index (χ2v) is 13.6. The molecule has 1 fully saturated rings. The fourth-order valence-corrected chi connectivity index (χ4v) is 6.89. The van der Waals surface area contributed by atoms with Gasteiger partial charge in [0.05, 0.1) is 24.6 Å². The zero-order valence-corrected chi connectivity index (χ0v) is 25.5. The number of aromatic amines is 3. The van der Waals surface area contributed by atoms with Crippen molar-refractivity contribution in [3.05, 3.63) is 55.4 Å². The van der Waals surface area contributed by atoms with Gasteiger partial charge in [-0.25, -0.2) is 23.5 Å².